The van der Waals surface area contributed by atoms with Crippen molar-refractivity contribution < 1.29 is 14.3 Å². The van der Waals surface area contributed by atoms with Crippen molar-refractivity contribution in [1.82, 2.24) is 10.2 Å². The predicted molar refractivity (Wildman–Crippen MR) is 131 cm³/mol. The van der Waals surface area contributed by atoms with Crippen molar-refractivity contribution in [2.45, 2.75) is 39.3 Å². The lowest BCUT2D eigenvalue weighted by atomic mass is 10.0. The number of ether oxygens (including phenoxy) is 1. The summed E-state index contributed by atoms with van der Waals surface area (Å²) in [7, 11) is 1.62. The molecule has 2 amide bonds. The van der Waals surface area contributed by atoms with Gasteiger partial charge in [-0.05, 0) is 42.7 Å². The van der Waals surface area contributed by atoms with E-state index in [1.807, 2.05) is 92.7 Å². The predicted octanol–water partition coefficient (Wildman–Crippen LogP) is 4.32. The number of likely N-dealkylation sites (N-methyl/N-ethyl adjacent to an activating group) is 1. The van der Waals surface area contributed by atoms with Crippen molar-refractivity contribution in [2.24, 2.45) is 0 Å². The second-order valence-corrected chi connectivity index (χ2v) is 8.14. The molecule has 3 aromatic rings. The summed E-state index contributed by atoms with van der Waals surface area (Å²) >= 11 is 0. The fourth-order valence-corrected chi connectivity index (χ4v) is 3.91. The van der Waals surface area contributed by atoms with E-state index in [4.69, 9.17) is 4.74 Å². The molecule has 0 aromatic heterocycles. The molecule has 0 radical (unpaired) electrons. The summed E-state index contributed by atoms with van der Waals surface area (Å²) in [5.41, 5.74) is 3.95. The van der Waals surface area contributed by atoms with Crippen LogP contribution in [0.25, 0.3) is 0 Å². The molecule has 3 aromatic carbocycles. The number of amides is 2. The molecule has 33 heavy (non-hydrogen) atoms. The van der Waals surface area contributed by atoms with Gasteiger partial charge in [0.25, 0.3) is 0 Å². The fraction of sp³-hybridized carbons (Fsp3) is 0.286. The van der Waals surface area contributed by atoms with Gasteiger partial charge >= 0.3 is 0 Å². The van der Waals surface area contributed by atoms with Gasteiger partial charge < -0.3 is 15.0 Å². The lowest BCUT2D eigenvalue weighted by molar-refractivity contribution is -0.140. The molecule has 5 heteroatoms. The normalized spacial score (nSPS) is 11.5. The number of nitrogens with one attached hydrogen (secondary N) is 1. The molecule has 0 fully saturated rings. The highest BCUT2D eigenvalue weighted by atomic mass is 16.5. The maximum atomic E-state index is 13.6. The van der Waals surface area contributed by atoms with Crippen LogP contribution in [0.3, 0.4) is 0 Å². The number of aryl methyl sites for hydroxylation is 1. The van der Waals surface area contributed by atoms with Crippen LogP contribution < -0.4 is 10.1 Å². The van der Waals surface area contributed by atoms with Crippen LogP contribution in [0.4, 0.5) is 0 Å². The molecule has 0 bridgehead atoms. The van der Waals surface area contributed by atoms with Crippen LogP contribution in [0.2, 0.25) is 0 Å². The van der Waals surface area contributed by atoms with Gasteiger partial charge in [0.05, 0.1) is 13.5 Å². The van der Waals surface area contributed by atoms with Crippen molar-refractivity contribution in [1.29, 1.82) is 0 Å². The summed E-state index contributed by atoms with van der Waals surface area (Å²) in [4.78, 5) is 28.5. The molecule has 0 heterocycles. The van der Waals surface area contributed by atoms with Crippen LogP contribution in [-0.4, -0.2) is 36.4 Å². The summed E-state index contributed by atoms with van der Waals surface area (Å²) in [6.07, 6.45) is 0.673. The maximum Gasteiger partial charge on any atom is 0.243 e. The molecule has 0 aliphatic rings. The molecule has 172 valence electrons. The van der Waals surface area contributed by atoms with Crippen LogP contribution >= 0.6 is 0 Å². The Labute approximate surface area is 196 Å². The summed E-state index contributed by atoms with van der Waals surface area (Å²) in [5, 5.41) is 2.93. The van der Waals surface area contributed by atoms with E-state index in [0.717, 1.165) is 28.0 Å². The van der Waals surface area contributed by atoms with Crippen LogP contribution in [-0.2, 0) is 29.0 Å². The first-order valence-electron chi connectivity index (χ1n) is 11.3. The third-order valence-electron chi connectivity index (χ3n) is 5.55. The number of nitrogens with zero attached hydrogens (tertiary/aromatic N) is 1. The number of methoxy groups -OCH3 is 1. The molecular formula is C28H32N2O3. The molecule has 3 rings (SSSR count). The SMILES string of the molecule is CCNC(=O)C(Cc1ccccc1)N(Cc1cccc(OC)c1)C(=O)Cc1cccc(C)c1. The van der Waals surface area contributed by atoms with Crippen LogP contribution in [0.1, 0.15) is 29.2 Å². The Morgan fingerprint density at radius 2 is 1.61 bits per heavy atom. The Kier molecular flexibility index (Phi) is 8.64. The zero-order valence-corrected chi connectivity index (χ0v) is 19.6. The standard InChI is InChI=1S/C28H32N2O3/c1-4-29-28(32)26(18-22-11-6-5-7-12-22)30(20-24-14-9-15-25(17-24)33-3)27(31)19-23-13-8-10-21(2)16-23/h5-17,26H,4,18-20H2,1-3H3,(H,29,32). The van der Waals surface area contributed by atoms with Crippen LogP contribution in [0.15, 0.2) is 78.9 Å². The quantitative estimate of drug-likeness (QED) is 0.507. The van der Waals surface area contributed by atoms with Gasteiger partial charge in [-0.3, -0.25) is 9.59 Å². The molecule has 0 spiro atoms. The van der Waals surface area contributed by atoms with Gasteiger partial charge in [-0.2, -0.15) is 0 Å². The highest BCUT2D eigenvalue weighted by Crippen LogP contribution is 2.19. The van der Waals surface area contributed by atoms with Gasteiger partial charge in [0, 0.05) is 19.5 Å². The molecule has 1 N–H and O–H groups in total. The van der Waals surface area contributed by atoms with Gasteiger partial charge in [0.2, 0.25) is 11.8 Å². The Balaban J connectivity index is 1.96. The van der Waals surface area contributed by atoms with Gasteiger partial charge in [-0.25, -0.2) is 0 Å². The molecule has 1 unspecified atom stereocenters. The average Bonchev–Trinajstić information content (AvgIpc) is 2.82. The molecule has 0 saturated carbocycles. The van der Waals surface area contributed by atoms with E-state index in [0.29, 0.717) is 19.5 Å². The third kappa shape index (κ3) is 6.94. The molecule has 0 saturated heterocycles. The third-order valence-corrected chi connectivity index (χ3v) is 5.55. The summed E-state index contributed by atoms with van der Waals surface area (Å²) < 4.78 is 5.37. The first-order valence-corrected chi connectivity index (χ1v) is 11.3. The summed E-state index contributed by atoms with van der Waals surface area (Å²) in [6, 6.07) is 24.7. The minimum Gasteiger partial charge on any atom is -0.497 e. The van der Waals surface area contributed by atoms with Gasteiger partial charge in [0.15, 0.2) is 0 Å². The van der Waals surface area contributed by atoms with E-state index in [9.17, 15) is 9.59 Å². The number of rotatable bonds is 10. The van der Waals surface area contributed by atoms with E-state index in [2.05, 4.69) is 5.32 Å². The molecule has 5 nitrogen and oxygen atoms in total. The van der Waals surface area contributed by atoms with Gasteiger partial charge in [-0.1, -0.05) is 72.3 Å². The lowest BCUT2D eigenvalue weighted by Crippen LogP contribution is -2.50. The second kappa shape index (κ2) is 11.9. The number of hydrogen-bond acceptors (Lipinski definition) is 3. The van der Waals surface area contributed by atoms with Crippen LogP contribution in [0.5, 0.6) is 5.75 Å². The monoisotopic (exact) mass is 444 g/mol. The average molecular weight is 445 g/mol. The smallest absolute Gasteiger partial charge is 0.243 e. The highest BCUT2D eigenvalue weighted by Gasteiger charge is 2.30. The number of carbonyl (C=O) groups excluding carboxylic acids is 2. The minimum atomic E-state index is -0.629. The van der Waals surface area contributed by atoms with Crippen LogP contribution in [0, 0.1) is 6.92 Å². The van der Waals surface area contributed by atoms with E-state index in [-0.39, 0.29) is 18.2 Å². The zero-order valence-electron chi connectivity index (χ0n) is 19.6. The van der Waals surface area contributed by atoms with E-state index in [1.54, 1.807) is 12.0 Å². The van der Waals surface area contributed by atoms with Crippen molar-refractivity contribution in [3.8, 4) is 5.75 Å². The topological polar surface area (TPSA) is 58.6 Å². The van der Waals surface area contributed by atoms with Crippen molar-refractivity contribution in [3.63, 3.8) is 0 Å². The highest BCUT2D eigenvalue weighted by molar-refractivity contribution is 5.88. The summed E-state index contributed by atoms with van der Waals surface area (Å²) in [5.74, 6) is 0.480. The number of carbonyl (C=O) groups is 2. The van der Waals surface area contributed by atoms with Gasteiger partial charge in [-0.15, -0.1) is 0 Å². The molecule has 0 aliphatic heterocycles. The van der Waals surface area contributed by atoms with Crippen molar-refractivity contribution >= 4 is 11.8 Å². The van der Waals surface area contributed by atoms with Crippen molar-refractivity contribution in [2.75, 3.05) is 13.7 Å². The molecule has 1 atom stereocenters. The Hall–Kier alpha value is -3.60. The summed E-state index contributed by atoms with van der Waals surface area (Å²) in [6.45, 7) is 4.72. The second-order valence-electron chi connectivity index (χ2n) is 8.14. The minimum absolute atomic E-state index is 0.0874. The number of benzene rings is 3. The first kappa shape index (κ1) is 24.1. The molecular weight excluding hydrogens is 412 g/mol. The van der Waals surface area contributed by atoms with E-state index in [1.165, 1.54) is 0 Å². The zero-order chi connectivity index (χ0) is 23.6. The largest absolute Gasteiger partial charge is 0.497 e. The first-order chi connectivity index (χ1) is 16.0. The molecule has 0 aliphatic carbocycles. The van der Waals surface area contributed by atoms with E-state index < -0.39 is 6.04 Å². The maximum absolute atomic E-state index is 13.6. The Bertz CT molecular complexity index is 1070. The Morgan fingerprint density at radius 1 is 0.909 bits per heavy atom. The fourth-order valence-electron chi connectivity index (χ4n) is 3.91. The van der Waals surface area contributed by atoms with E-state index >= 15 is 0 Å². The lowest BCUT2D eigenvalue weighted by Gasteiger charge is -2.31. The number of hydrogen-bond donors (Lipinski definition) is 1. The van der Waals surface area contributed by atoms with Crippen molar-refractivity contribution in [3.05, 3.63) is 101 Å². The van der Waals surface area contributed by atoms with Gasteiger partial charge in [0.1, 0.15) is 11.8 Å². The Morgan fingerprint density at radius 3 is 2.30 bits per heavy atom.